The van der Waals surface area contributed by atoms with Gasteiger partial charge in [-0.2, -0.15) is 0 Å². The molecule has 0 saturated heterocycles. The van der Waals surface area contributed by atoms with Crippen molar-refractivity contribution in [2.75, 3.05) is 0 Å². The highest BCUT2D eigenvalue weighted by molar-refractivity contribution is 5.88. The lowest BCUT2D eigenvalue weighted by molar-refractivity contribution is 0.146. The maximum absolute atomic E-state index is 10.1. The number of ether oxygens (including phenoxy) is 1. The fourth-order valence-corrected chi connectivity index (χ4v) is 2.22. The van der Waals surface area contributed by atoms with Crippen LogP contribution < -0.4 is 4.74 Å². The van der Waals surface area contributed by atoms with E-state index in [-0.39, 0.29) is 0 Å². The summed E-state index contributed by atoms with van der Waals surface area (Å²) >= 11 is 0. The number of aliphatic hydroxyl groups excluding tert-OH is 1. The molecule has 2 nitrogen and oxygen atoms in total. The van der Waals surface area contributed by atoms with Crippen LogP contribution in [0.3, 0.4) is 0 Å². The standard InChI is InChI=1S/C14H12O2/c1-9-8-12(15)14-11-5-3-2-4-10(11)6-7-13(14)16-9/h2-7,12,15H,1,8H2. The molecule has 0 fully saturated rings. The van der Waals surface area contributed by atoms with Crippen molar-refractivity contribution >= 4 is 10.8 Å². The Labute approximate surface area is 93.8 Å². The van der Waals surface area contributed by atoms with Crippen molar-refractivity contribution in [2.45, 2.75) is 12.5 Å². The molecule has 80 valence electrons. The van der Waals surface area contributed by atoms with Crippen LogP contribution in [-0.4, -0.2) is 5.11 Å². The van der Waals surface area contributed by atoms with Gasteiger partial charge in [0, 0.05) is 12.0 Å². The smallest absolute Gasteiger partial charge is 0.133 e. The second kappa shape index (κ2) is 3.35. The van der Waals surface area contributed by atoms with E-state index in [2.05, 4.69) is 6.58 Å². The lowest BCUT2D eigenvalue weighted by atomic mass is 9.95. The van der Waals surface area contributed by atoms with Crippen molar-refractivity contribution in [3.8, 4) is 5.75 Å². The quantitative estimate of drug-likeness (QED) is 0.726. The first kappa shape index (κ1) is 9.43. The Morgan fingerprint density at radius 1 is 1.19 bits per heavy atom. The second-order valence-corrected chi connectivity index (χ2v) is 4.06. The Hall–Kier alpha value is -1.80. The molecule has 0 aromatic heterocycles. The third-order valence-corrected chi connectivity index (χ3v) is 2.94. The molecule has 16 heavy (non-hydrogen) atoms. The average molecular weight is 212 g/mol. The van der Waals surface area contributed by atoms with E-state index in [1.165, 1.54) is 0 Å². The van der Waals surface area contributed by atoms with Crippen LogP contribution in [0.5, 0.6) is 5.75 Å². The van der Waals surface area contributed by atoms with E-state index in [1.807, 2.05) is 36.4 Å². The summed E-state index contributed by atoms with van der Waals surface area (Å²) in [5, 5.41) is 12.3. The van der Waals surface area contributed by atoms with Crippen LogP contribution in [0.2, 0.25) is 0 Å². The summed E-state index contributed by atoms with van der Waals surface area (Å²) in [6, 6.07) is 11.9. The van der Waals surface area contributed by atoms with E-state index in [0.29, 0.717) is 12.2 Å². The minimum atomic E-state index is -0.512. The van der Waals surface area contributed by atoms with Gasteiger partial charge in [0.25, 0.3) is 0 Å². The van der Waals surface area contributed by atoms with Crippen molar-refractivity contribution < 1.29 is 9.84 Å². The summed E-state index contributed by atoms with van der Waals surface area (Å²) in [5.41, 5.74) is 0.880. The van der Waals surface area contributed by atoms with Gasteiger partial charge in [-0.3, -0.25) is 0 Å². The van der Waals surface area contributed by atoms with Gasteiger partial charge in [-0.15, -0.1) is 0 Å². The van der Waals surface area contributed by atoms with Crippen LogP contribution >= 0.6 is 0 Å². The first-order chi connectivity index (χ1) is 7.75. The number of aliphatic hydroxyl groups is 1. The number of fused-ring (bicyclic) bond motifs is 3. The summed E-state index contributed by atoms with van der Waals surface area (Å²) in [7, 11) is 0. The van der Waals surface area contributed by atoms with Crippen LogP contribution in [0.25, 0.3) is 10.8 Å². The predicted octanol–water partition coefficient (Wildman–Crippen LogP) is 3.17. The minimum absolute atomic E-state index is 0.473. The Morgan fingerprint density at radius 3 is 2.88 bits per heavy atom. The fraction of sp³-hybridized carbons (Fsp3) is 0.143. The van der Waals surface area contributed by atoms with Gasteiger partial charge in [0.1, 0.15) is 5.75 Å². The third kappa shape index (κ3) is 1.31. The maximum atomic E-state index is 10.1. The minimum Gasteiger partial charge on any atom is -0.462 e. The van der Waals surface area contributed by atoms with Crippen molar-refractivity contribution in [1.29, 1.82) is 0 Å². The molecular formula is C14H12O2. The molecule has 1 N–H and O–H groups in total. The molecule has 0 saturated carbocycles. The highest BCUT2D eigenvalue weighted by Gasteiger charge is 2.23. The Balaban J connectivity index is 2.33. The molecule has 2 aromatic carbocycles. The maximum Gasteiger partial charge on any atom is 0.133 e. The van der Waals surface area contributed by atoms with Gasteiger partial charge >= 0.3 is 0 Å². The van der Waals surface area contributed by atoms with Gasteiger partial charge in [0.15, 0.2) is 0 Å². The molecule has 3 rings (SSSR count). The first-order valence-corrected chi connectivity index (χ1v) is 5.31. The first-order valence-electron chi connectivity index (χ1n) is 5.31. The van der Waals surface area contributed by atoms with Gasteiger partial charge in [-0.1, -0.05) is 36.9 Å². The zero-order chi connectivity index (χ0) is 11.1. The molecule has 0 aliphatic carbocycles. The van der Waals surface area contributed by atoms with E-state index in [1.54, 1.807) is 0 Å². The van der Waals surface area contributed by atoms with Crippen LogP contribution in [-0.2, 0) is 0 Å². The molecule has 0 amide bonds. The van der Waals surface area contributed by atoms with E-state index in [9.17, 15) is 5.11 Å². The van der Waals surface area contributed by atoms with E-state index in [0.717, 1.165) is 22.1 Å². The molecule has 1 aliphatic rings. The van der Waals surface area contributed by atoms with E-state index in [4.69, 9.17) is 4.74 Å². The van der Waals surface area contributed by atoms with Gasteiger partial charge in [0.2, 0.25) is 0 Å². The zero-order valence-corrected chi connectivity index (χ0v) is 8.81. The molecule has 1 atom stereocenters. The number of hydrogen-bond acceptors (Lipinski definition) is 2. The number of rotatable bonds is 0. The van der Waals surface area contributed by atoms with Crippen LogP contribution in [0, 0.1) is 0 Å². The molecule has 1 unspecified atom stereocenters. The average Bonchev–Trinajstić information content (AvgIpc) is 2.28. The Bertz CT molecular complexity index is 572. The van der Waals surface area contributed by atoms with Crippen molar-refractivity contribution in [3.63, 3.8) is 0 Å². The second-order valence-electron chi connectivity index (χ2n) is 4.06. The van der Waals surface area contributed by atoms with Crippen LogP contribution in [0.4, 0.5) is 0 Å². The summed E-state index contributed by atoms with van der Waals surface area (Å²) in [4.78, 5) is 0. The van der Waals surface area contributed by atoms with Crippen molar-refractivity contribution in [1.82, 2.24) is 0 Å². The fourth-order valence-electron chi connectivity index (χ4n) is 2.22. The lowest BCUT2D eigenvalue weighted by Crippen LogP contribution is -2.11. The van der Waals surface area contributed by atoms with Gasteiger partial charge < -0.3 is 9.84 Å². The highest BCUT2D eigenvalue weighted by Crippen LogP contribution is 2.40. The number of benzene rings is 2. The molecule has 0 radical (unpaired) electrons. The van der Waals surface area contributed by atoms with Crippen molar-refractivity contribution in [2.24, 2.45) is 0 Å². The SMILES string of the molecule is C=C1CC(O)c2c(ccc3ccccc23)O1. The Morgan fingerprint density at radius 2 is 2.00 bits per heavy atom. The molecule has 0 bridgehead atoms. The molecule has 2 heteroatoms. The molecule has 1 aliphatic heterocycles. The number of hydrogen-bond donors (Lipinski definition) is 1. The lowest BCUT2D eigenvalue weighted by Gasteiger charge is -2.24. The molecule has 1 heterocycles. The van der Waals surface area contributed by atoms with E-state index < -0.39 is 6.10 Å². The summed E-state index contributed by atoms with van der Waals surface area (Å²) in [5.74, 6) is 1.35. The van der Waals surface area contributed by atoms with Crippen LogP contribution in [0.15, 0.2) is 48.7 Å². The normalized spacial score (nSPS) is 19.3. The Kier molecular flexibility index (Phi) is 1.98. The summed E-state index contributed by atoms with van der Waals surface area (Å²) < 4.78 is 5.56. The monoisotopic (exact) mass is 212 g/mol. The highest BCUT2D eigenvalue weighted by atomic mass is 16.5. The van der Waals surface area contributed by atoms with E-state index >= 15 is 0 Å². The van der Waals surface area contributed by atoms with Gasteiger partial charge in [0.05, 0.1) is 11.9 Å². The van der Waals surface area contributed by atoms with Crippen molar-refractivity contribution in [3.05, 3.63) is 54.3 Å². The topological polar surface area (TPSA) is 29.5 Å². The molecular weight excluding hydrogens is 200 g/mol. The van der Waals surface area contributed by atoms with Crippen LogP contribution in [0.1, 0.15) is 18.1 Å². The van der Waals surface area contributed by atoms with Gasteiger partial charge in [-0.05, 0) is 16.8 Å². The predicted molar refractivity (Wildman–Crippen MR) is 63.3 cm³/mol. The largest absolute Gasteiger partial charge is 0.462 e. The zero-order valence-electron chi connectivity index (χ0n) is 8.81. The van der Waals surface area contributed by atoms with Gasteiger partial charge in [-0.25, -0.2) is 0 Å². The molecule has 2 aromatic rings. The molecule has 0 spiro atoms. The summed E-state index contributed by atoms with van der Waals surface area (Å²) in [6.45, 7) is 3.76. The third-order valence-electron chi connectivity index (χ3n) is 2.94. The summed E-state index contributed by atoms with van der Waals surface area (Å²) in [6.07, 6.45) is -0.0385.